The SMILES string of the molecule is C=CNN.CN(C)c1ccc(CN)cc1. The highest BCUT2D eigenvalue weighted by molar-refractivity contribution is 5.45. The van der Waals surface area contributed by atoms with Crippen molar-refractivity contribution >= 4 is 5.69 Å². The van der Waals surface area contributed by atoms with Gasteiger partial charge in [-0.25, -0.2) is 0 Å². The first kappa shape index (κ1) is 13.5. The van der Waals surface area contributed by atoms with E-state index in [4.69, 9.17) is 5.73 Å². The molecule has 0 fully saturated rings. The topological polar surface area (TPSA) is 67.3 Å². The molecule has 0 bridgehead atoms. The van der Waals surface area contributed by atoms with Crippen LogP contribution in [0.25, 0.3) is 0 Å². The number of nitrogens with one attached hydrogen (secondary N) is 1. The lowest BCUT2D eigenvalue weighted by Gasteiger charge is -2.11. The minimum atomic E-state index is 0.619. The van der Waals surface area contributed by atoms with Gasteiger partial charge in [0.1, 0.15) is 0 Å². The Labute approximate surface area is 91.5 Å². The fraction of sp³-hybridized carbons (Fsp3) is 0.273. The summed E-state index contributed by atoms with van der Waals surface area (Å²) < 4.78 is 0. The van der Waals surface area contributed by atoms with Crippen LogP contribution in [0, 0.1) is 0 Å². The van der Waals surface area contributed by atoms with Gasteiger partial charge >= 0.3 is 0 Å². The molecule has 0 amide bonds. The lowest BCUT2D eigenvalue weighted by molar-refractivity contribution is 0.972. The molecule has 0 heterocycles. The molecule has 0 atom stereocenters. The average molecular weight is 208 g/mol. The Balaban J connectivity index is 0.000000423. The van der Waals surface area contributed by atoms with Gasteiger partial charge in [0.15, 0.2) is 0 Å². The molecule has 0 unspecified atom stereocenters. The summed E-state index contributed by atoms with van der Waals surface area (Å²) in [4.78, 5) is 2.07. The minimum Gasteiger partial charge on any atom is -0.378 e. The van der Waals surface area contributed by atoms with Gasteiger partial charge in [-0.05, 0) is 17.7 Å². The lowest BCUT2D eigenvalue weighted by Crippen LogP contribution is -2.11. The van der Waals surface area contributed by atoms with Gasteiger partial charge in [-0.3, -0.25) is 5.84 Å². The van der Waals surface area contributed by atoms with Crippen molar-refractivity contribution in [3.63, 3.8) is 0 Å². The van der Waals surface area contributed by atoms with Crippen LogP contribution in [0.15, 0.2) is 37.0 Å². The number of hydrogen-bond donors (Lipinski definition) is 3. The zero-order valence-electron chi connectivity index (χ0n) is 9.40. The van der Waals surface area contributed by atoms with E-state index in [-0.39, 0.29) is 0 Å². The second kappa shape index (κ2) is 7.84. The first-order valence-electron chi connectivity index (χ1n) is 4.69. The molecule has 4 nitrogen and oxygen atoms in total. The summed E-state index contributed by atoms with van der Waals surface area (Å²) in [7, 11) is 4.05. The molecule has 0 aliphatic heterocycles. The first-order chi connectivity index (χ1) is 7.15. The van der Waals surface area contributed by atoms with Crippen LogP contribution in [0.1, 0.15) is 5.56 Å². The van der Waals surface area contributed by atoms with Crippen LogP contribution in [0.3, 0.4) is 0 Å². The summed E-state index contributed by atoms with van der Waals surface area (Å²) >= 11 is 0. The summed E-state index contributed by atoms with van der Waals surface area (Å²) in [5.41, 5.74) is 10.0. The summed E-state index contributed by atoms with van der Waals surface area (Å²) in [5.74, 6) is 4.66. The van der Waals surface area contributed by atoms with Gasteiger partial charge in [0.25, 0.3) is 0 Å². The number of benzene rings is 1. The molecule has 0 saturated heterocycles. The fourth-order valence-corrected chi connectivity index (χ4v) is 0.930. The third-order valence-corrected chi connectivity index (χ3v) is 1.81. The normalized spacial score (nSPS) is 8.53. The summed E-state index contributed by atoms with van der Waals surface area (Å²) in [6.07, 6.45) is 1.40. The molecule has 1 aromatic carbocycles. The smallest absolute Gasteiger partial charge is 0.0361 e. The largest absolute Gasteiger partial charge is 0.378 e. The summed E-state index contributed by atoms with van der Waals surface area (Å²) in [6.45, 7) is 3.86. The second-order valence-electron chi connectivity index (χ2n) is 3.14. The summed E-state index contributed by atoms with van der Waals surface area (Å²) in [5, 5.41) is 0. The minimum absolute atomic E-state index is 0.619. The van der Waals surface area contributed by atoms with Crippen molar-refractivity contribution in [1.82, 2.24) is 5.43 Å². The van der Waals surface area contributed by atoms with Crippen LogP contribution < -0.4 is 21.9 Å². The Bertz CT molecular complexity index is 266. The van der Waals surface area contributed by atoms with E-state index in [1.807, 2.05) is 14.1 Å². The standard InChI is InChI=1S/C9H14N2.C2H6N2/c1-11(2)9-5-3-8(7-10)4-6-9;1-2-4-3/h3-6H,7,10H2,1-2H3;2,4H,1,3H2. The van der Waals surface area contributed by atoms with E-state index in [1.54, 1.807) is 0 Å². The monoisotopic (exact) mass is 208 g/mol. The predicted molar refractivity (Wildman–Crippen MR) is 66.2 cm³/mol. The van der Waals surface area contributed by atoms with E-state index >= 15 is 0 Å². The van der Waals surface area contributed by atoms with Crippen LogP contribution >= 0.6 is 0 Å². The van der Waals surface area contributed by atoms with E-state index in [2.05, 4.69) is 47.0 Å². The molecule has 0 aliphatic carbocycles. The number of nitrogens with zero attached hydrogens (tertiary/aromatic N) is 1. The van der Waals surface area contributed by atoms with Gasteiger partial charge in [0.2, 0.25) is 0 Å². The van der Waals surface area contributed by atoms with Gasteiger partial charge in [-0.15, -0.1) is 0 Å². The van der Waals surface area contributed by atoms with Crippen molar-refractivity contribution in [2.45, 2.75) is 6.54 Å². The quantitative estimate of drug-likeness (QED) is 0.508. The highest BCUT2D eigenvalue weighted by atomic mass is 15.2. The van der Waals surface area contributed by atoms with Crippen molar-refractivity contribution in [1.29, 1.82) is 0 Å². The summed E-state index contributed by atoms with van der Waals surface area (Å²) in [6, 6.07) is 8.25. The number of nitrogens with two attached hydrogens (primary N) is 2. The Kier molecular flexibility index (Phi) is 7.05. The molecule has 0 spiro atoms. The van der Waals surface area contributed by atoms with Crippen LogP contribution in [0.2, 0.25) is 0 Å². The third-order valence-electron chi connectivity index (χ3n) is 1.81. The predicted octanol–water partition coefficient (Wildman–Crippen LogP) is 0.805. The molecule has 0 saturated carbocycles. The molecule has 0 aliphatic rings. The molecule has 15 heavy (non-hydrogen) atoms. The van der Waals surface area contributed by atoms with E-state index in [0.717, 1.165) is 0 Å². The average Bonchev–Trinajstić information content (AvgIpc) is 2.29. The number of hydrazine groups is 1. The highest BCUT2D eigenvalue weighted by Crippen LogP contribution is 2.11. The van der Waals surface area contributed by atoms with Gasteiger partial charge < -0.3 is 16.1 Å². The van der Waals surface area contributed by atoms with Crippen LogP contribution in [-0.2, 0) is 6.54 Å². The van der Waals surface area contributed by atoms with Crippen molar-refractivity contribution in [3.8, 4) is 0 Å². The van der Waals surface area contributed by atoms with E-state index in [0.29, 0.717) is 6.54 Å². The van der Waals surface area contributed by atoms with Gasteiger partial charge in [-0.1, -0.05) is 18.7 Å². The number of anilines is 1. The molecular formula is C11H20N4. The zero-order valence-corrected chi connectivity index (χ0v) is 9.40. The van der Waals surface area contributed by atoms with Crippen LogP contribution in [0.5, 0.6) is 0 Å². The van der Waals surface area contributed by atoms with Gasteiger partial charge in [0, 0.05) is 32.5 Å². The molecule has 1 rings (SSSR count). The highest BCUT2D eigenvalue weighted by Gasteiger charge is 1.92. The zero-order chi connectivity index (χ0) is 11.7. The van der Waals surface area contributed by atoms with Crippen molar-refractivity contribution in [2.75, 3.05) is 19.0 Å². The first-order valence-corrected chi connectivity index (χ1v) is 4.69. The Hall–Kier alpha value is -1.52. The Morgan fingerprint density at radius 1 is 1.33 bits per heavy atom. The van der Waals surface area contributed by atoms with Gasteiger partial charge in [0.05, 0.1) is 0 Å². The maximum absolute atomic E-state index is 5.46. The van der Waals surface area contributed by atoms with E-state index in [9.17, 15) is 0 Å². The number of hydrogen-bond acceptors (Lipinski definition) is 4. The Morgan fingerprint density at radius 3 is 2.07 bits per heavy atom. The molecule has 1 aromatic rings. The van der Waals surface area contributed by atoms with E-state index < -0.39 is 0 Å². The Morgan fingerprint density at radius 2 is 1.80 bits per heavy atom. The van der Waals surface area contributed by atoms with Crippen molar-refractivity contribution in [2.24, 2.45) is 11.6 Å². The second-order valence-corrected chi connectivity index (χ2v) is 3.14. The van der Waals surface area contributed by atoms with Crippen molar-refractivity contribution < 1.29 is 0 Å². The van der Waals surface area contributed by atoms with Gasteiger partial charge in [-0.2, -0.15) is 0 Å². The molecule has 4 heteroatoms. The van der Waals surface area contributed by atoms with Crippen LogP contribution in [0.4, 0.5) is 5.69 Å². The van der Waals surface area contributed by atoms with Crippen molar-refractivity contribution in [3.05, 3.63) is 42.6 Å². The van der Waals surface area contributed by atoms with Crippen LogP contribution in [-0.4, -0.2) is 14.1 Å². The molecule has 84 valence electrons. The molecule has 5 N–H and O–H groups in total. The molecule has 0 aromatic heterocycles. The lowest BCUT2D eigenvalue weighted by atomic mass is 10.2. The molecular weight excluding hydrogens is 188 g/mol. The maximum atomic E-state index is 5.46. The van der Waals surface area contributed by atoms with E-state index in [1.165, 1.54) is 17.5 Å². The third kappa shape index (κ3) is 5.72. The maximum Gasteiger partial charge on any atom is 0.0361 e. The fourth-order valence-electron chi connectivity index (χ4n) is 0.930. The number of rotatable bonds is 3. The molecule has 0 radical (unpaired) electrons.